The highest BCUT2D eigenvalue weighted by Gasteiger charge is 2.15. The summed E-state index contributed by atoms with van der Waals surface area (Å²) in [5, 5.41) is 16.2. The molecule has 0 aliphatic rings. The van der Waals surface area contributed by atoms with Gasteiger partial charge in [-0.05, 0) is 54.6 Å². The number of carbonyl (C=O) groups excluding carboxylic acids is 4. The molecular formula is C28H21N5O6. The molecule has 0 heterocycles. The van der Waals surface area contributed by atoms with Crippen molar-refractivity contribution in [2.24, 2.45) is 0 Å². The molecule has 4 aromatic carbocycles. The summed E-state index contributed by atoms with van der Waals surface area (Å²) in [5.41, 5.74) is 5.64. The van der Waals surface area contributed by atoms with Gasteiger partial charge in [0.05, 0.1) is 4.92 Å². The van der Waals surface area contributed by atoms with Crippen molar-refractivity contribution in [1.29, 1.82) is 0 Å². The molecule has 4 rings (SSSR count). The number of hydrazine groups is 1. The highest BCUT2D eigenvalue weighted by molar-refractivity contribution is 6.08. The van der Waals surface area contributed by atoms with Gasteiger partial charge >= 0.3 is 0 Å². The SMILES string of the molecule is O=C(NNC(=O)c1cc(NC(=O)c2ccccc2)cc(NC(=O)c2ccccc2)c1)c1ccc([N+](=O)[O-])cc1. The van der Waals surface area contributed by atoms with Gasteiger partial charge in [0.15, 0.2) is 0 Å². The van der Waals surface area contributed by atoms with Gasteiger partial charge in [-0.3, -0.25) is 40.1 Å². The topological polar surface area (TPSA) is 160 Å². The Bertz CT molecular complexity index is 1470. The molecule has 11 nitrogen and oxygen atoms in total. The zero-order chi connectivity index (χ0) is 27.8. The van der Waals surface area contributed by atoms with Gasteiger partial charge in [-0.2, -0.15) is 0 Å². The number of rotatable bonds is 7. The van der Waals surface area contributed by atoms with Gasteiger partial charge in [0.2, 0.25) is 0 Å². The van der Waals surface area contributed by atoms with Crippen LogP contribution in [-0.4, -0.2) is 28.6 Å². The number of benzene rings is 4. The summed E-state index contributed by atoms with van der Waals surface area (Å²) >= 11 is 0. The number of carbonyl (C=O) groups is 4. The summed E-state index contributed by atoms with van der Waals surface area (Å²) in [5.74, 6) is -2.30. The molecule has 0 aliphatic heterocycles. The maximum absolute atomic E-state index is 12.9. The van der Waals surface area contributed by atoms with E-state index in [4.69, 9.17) is 0 Å². The van der Waals surface area contributed by atoms with E-state index in [-0.39, 0.29) is 28.2 Å². The highest BCUT2D eigenvalue weighted by atomic mass is 16.6. The average molecular weight is 524 g/mol. The van der Waals surface area contributed by atoms with E-state index in [1.807, 2.05) is 0 Å². The molecule has 0 atom stereocenters. The van der Waals surface area contributed by atoms with Gasteiger partial charge in [0, 0.05) is 45.8 Å². The van der Waals surface area contributed by atoms with Crippen molar-refractivity contribution in [2.75, 3.05) is 10.6 Å². The van der Waals surface area contributed by atoms with Gasteiger partial charge in [0.1, 0.15) is 0 Å². The van der Waals surface area contributed by atoms with E-state index in [1.54, 1.807) is 60.7 Å². The molecule has 0 saturated heterocycles. The fraction of sp³-hybridized carbons (Fsp3) is 0. The van der Waals surface area contributed by atoms with Crippen LogP contribution in [0.3, 0.4) is 0 Å². The third-order valence-corrected chi connectivity index (χ3v) is 5.41. The Morgan fingerprint density at radius 1 is 0.513 bits per heavy atom. The summed E-state index contributed by atoms with van der Waals surface area (Å²) in [6.07, 6.45) is 0. The van der Waals surface area contributed by atoms with Crippen LogP contribution in [0.2, 0.25) is 0 Å². The smallest absolute Gasteiger partial charge is 0.269 e. The van der Waals surface area contributed by atoms with Gasteiger partial charge in [-0.25, -0.2) is 0 Å². The predicted octanol–water partition coefficient (Wildman–Crippen LogP) is 4.17. The molecular weight excluding hydrogens is 502 g/mol. The summed E-state index contributed by atoms with van der Waals surface area (Å²) < 4.78 is 0. The van der Waals surface area contributed by atoms with Crippen molar-refractivity contribution in [3.63, 3.8) is 0 Å². The third-order valence-electron chi connectivity index (χ3n) is 5.41. The molecule has 0 fully saturated rings. The van der Waals surface area contributed by atoms with E-state index in [2.05, 4.69) is 21.5 Å². The average Bonchev–Trinajstić information content (AvgIpc) is 2.96. The first-order valence-electron chi connectivity index (χ1n) is 11.5. The number of nitrogens with zero attached hydrogens (tertiary/aromatic N) is 1. The minimum atomic E-state index is -0.740. The second kappa shape index (κ2) is 11.9. The molecule has 0 aromatic heterocycles. The lowest BCUT2D eigenvalue weighted by Crippen LogP contribution is -2.41. The quantitative estimate of drug-likeness (QED) is 0.210. The van der Waals surface area contributed by atoms with Crippen LogP contribution in [0.15, 0.2) is 103 Å². The lowest BCUT2D eigenvalue weighted by molar-refractivity contribution is -0.384. The first kappa shape index (κ1) is 26.2. The van der Waals surface area contributed by atoms with Gasteiger partial charge < -0.3 is 10.6 Å². The minimum absolute atomic E-state index is 0.0215. The summed E-state index contributed by atoms with van der Waals surface area (Å²) in [4.78, 5) is 60.9. The van der Waals surface area contributed by atoms with Crippen molar-refractivity contribution >= 4 is 40.7 Å². The minimum Gasteiger partial charge on any atom is -0.322 e. The Kier molecular flexibility index (Phi) is 8.02. The molecule has 4 amide bonds. The van der Waals surface area contributed by atoms with Crippen LogP contribution < -0.4 is 21.5 Å². The molecule has 4 aromatic rings. The van der Waals surface area contributed by atoms with Gasteiger partial charge in [0.25, 0.3) is 29.3 Å². The zero-order valence-corrected chi connectivity index (χ0v) is 20.2. The number of hydrogen-bond donors (Lipinski definition) is 4. The number of nitro benzene ring substituents is 1. The Balaban J connectivity index is 1.53. The van der Waals surface area contributed by atoms with Crippen molar-refractivity contribution in [1.82, 2.24) is 10.9 Å². The zero-order valence-electron chi connectivity index (χ0n) is 20.2. The Labute approximate surface area is 222 Å². The molecule has 39 heavy (non-hydrogen) atoms. The fourth-order valence-corrected chi connectivity index (χ4v) is 3.48. The van der Waals surface area contributed by atoms with Crippen molar-refractivity contribution in [3.05, 3.63) is 135 Å². The Morgan fingerprint density at radius 2 is 0.923 bits per heavy atom. The second-order valence-electron chi connectivity index (χ2n) is 8.15. The molecule has 0 saturated carbocycles. The van der Waals surface area contributed by atoms with Crippen molar-refractivity contribution in [3.8, 4) is 0 Å². The van der Waals surface area contributed by atoms with E-state index >= 15 is 0 Å². The summed E-state index contributed by atoms with van der Waals surface area (Å²) in [6, 6.07) is 25.9. The summed E-state index contributed by atoms with van der Waals surface area (Å²) in [6.45, 7) is 0. The molecule has 0 bridgehead atoms. The van der Waals surface area contributed by atoms with E-state index in [1.165, 1.54) is 30.3 Å². The molecule has 0 spiro atoms. The van der Waals surface area contributed by atoms with Gasteiger partial charge in [-0.15, -0.1) is 0 Å². The van der Waals surface area contributed by atoms with Crippen LogP contribution >= 0.6 is 0 Å². The number of nitro groups is 1. The summed E-state index contributed by atoms with van der Waals surface area (Å²) in [7, 11) is 0. The van der Waals surface area contributed by atoms with E-state index in [0.717, 1.165) is 12.1 Å². The second-order valence-corrected chi connectivity index (χ2v) is 8.15. The van der Waals surface area contributed by atoms with Crippen LogP contribution in [0.25, 0.3) is 0 Å². The van der Waals surface area contributed by atoms with Crippen molar-refractivity contribution < 1.29 is 24.1 Å². The van der Waals surface area contributed by atoms with Crippen LogP contribution in [-0.2, 0) is 0 Å². The number of amides is 4. The molecule has 0 unspecified atom stereocenters. The largest absolute Gasteiger partial charge is 0.322 e. The first-order valence-corrected chi connectivity index (χ1v) is 11.5. The van der Waals surface area contributed by atoms with Crippen LogP contribution in [0.5, 0.6) is 0 Å². The highest BCUT2D eigenvalue weighted by Crippen LogP contribution is 2.21. The van der Waals surface area contributed by atoms with Crippen LogP contribution in [0.4, 0.5) is 17.1 Å². The standard InChI is InChI=1S/C28H21N5O6/c34-25(18-7-3-1-4-8-18)29-22-15-21(16-23(17-22)30-26(35)19-9-5-2-6-10-19)28(37)32-31-27(36)20-11-13-24(14-12-20)33(38)39/h1-17H,(H,29,34)(H,30,35)(H,31,36)(H,32,37). The van der Waals surface area contributed by atoms with Crippen LogP contribution in [0.1, 0.15) is 41.4 Å². The number of nitrogens with one attached hydrogen (secondary N) is 4. The normalized spacial score (nSPS) is 10.2. The maximum atomic E-state index is 12.9. The van der Waals surface area contributed by atoms with E-state index in [0.29, 0.717) is 11.1 Å². The molecule has 11 heteroatoms. The van der Waals surface area contributed by atoms with E-state index in [9.17, 15) is 29.3 Å². The maximum Gasteiger partial charge on any atom is 0.269 e. The number of anilines is 2. The number of hydrogen-bond acceptors (Lipinski definition) is 6. The van der Waals surface area contributed by atoms with E-state index < -0.39 is 28.6 Å². The molecule has 4 N–H and O–H groups in total. The molecule has 194 valence electrons. The van der Waals surface area contributed by atoms with Gasteiger partial charge in [-0.1, -0.05) is 36.4 Å². The first-order chi connectivity index (χ1) is 18.8. The van der Waals surface area contributed by atoms with Crippen LogP contribution in [0, 0.1) is 10.1 Å². The Morgan fingerprint density at radius 3 is 1.36 bits per heavy atom. The fourth-order valence-electron chi connectivity index (χ4n) is 3.48. The predicted molar refractivity (Wildman–Crippen MR) is 143 cm³/mol. The molecule has 0 radical (unpaired) electrons. The molecule has 0 aliphatic carbocycles. The lowest BCUT2D eigenvalue weighted by atomic mass is 10.1. The monoisotopic (exact) mass is 523 g/mol. The number of non-ortho nitro benzene ring substituents is 1. The Hall–Kier alpha value is -5.84. The third kappa shape index (κ3) is 6.89. The van der Waals surface area contributed by atoms with Crippen molar-refractivity contribution in [2.45, 2.75) is 0 Å². The lowest BCUT2D eigenvalue weighted by Gasteiger charge is -2.13.